The van der Waals surface area contributed by atoms with E-state index in [1.165, 1.54) is 11.1 Å². The normalized spacial score (nSPS) is 10.2. The standard InChI is InChI=1S/C15H13/c1-2-15(13-9-5-3-6-10-13)14-11-7-4-8-12-14/h2-11,15H,1H2. The molecule has 0 aromatic heterocycles. The van der Waals surface area contributed by atoms with E-state index in [1.54, 1.807) is 0 Å². The molecule has 0 saturated heterocycles. The fourth-order valence-electron chi connectivity index (χ4n) is 1.70. The van der Waals surface area contributed by atoms with Crippen LogP contribution < -0.4 is 0 Å². The van der Waals surface area contributed by atoms with Crippen LogP contribution in [0.3, 0.4) is 0 Å². The van der Waals surface area contributed by atoms with Crippen molar-refractivity contribution in [2.24, 2.45) is 0 Å². The van der Waals surface area contributed by atoms with Crippen molar-refractivity contribution in [3.63, 3.8) is 0 Å². The van der Waals surface area contributed by atoms with Gasteiger partial charge in [0.05, 0.1) is 0 Å². The smallest absolute Gasteiger partial charge is 0.0273 e. The van der Waals surface area contributed by atoms with Crippen LogP contribution in [0.1, 0.15) is 17.0 Å². The van der Waals surface area contributed by atoms with Crippen molar-refractivity contribution in [2.45, 2.75) is 5.92 Å². The lowest BCUT2D eigenvalue weighted by atomic mass is 9.92. The van der Waals surface area contributed by atoms with E-state index in [1.807, 2.05) is 30.3 Å². The van der Waals surface area contributed by atoms with Gasteiger partial charge in [0.25, 0.3) is 0 Å². The minimum atomic E-state index is 0.243. The molecule has 0 saturated carbocycles. The van der Waals surface area contributed by atoms with E-state index >= 15 is 0 Å². The summed E-state index contributed by atoms with van der Waals surface area (Å²) in [5, 5.41) is 0. The molecule has 0 spiro atoms. The maximum atomic E-state index is 3.89. The lowest BCUT2D eigenvalue weighted by Crippen LogP contribution is -1.96. The molecular weight excluding hydrogens is 180 g/mol. The Morgan fingerprint density at radius 3 is 2.33 bits per heavy atom. The third-order valence-corrected chi connectivity index (χ3v) is 2.46. The Hall–Kier alpha value is -1.82. The maximum Gasteiger partial charge on any atom is 0.0273 e. The van der Waals surface area contributed by atoms with Crippen molar-refractivity contribution in [2.75, 3.05) is 0 Å². The summed E-state index contributed by atoms with van der Waals surface area (Å²) in [4.78, 5) is 0. The fraction of sp³-hybridized carbons (Fsp3) is 0.0667. The molecule has 0 fully saturated rings. The molecule has 0 aliphatic rings. The second-order valence-electron chi connectivity index (χ2n) is 3.44. The van der Waals surface area contributed by atoms with Gasteiger partial charge in [-0.1, -0.05) is 60.7 Å². The van der Waals surface area contributed by atoms with Gasteiger partial charge < -0.3 is 0 Å². The summed E-state index contributed by atoms with van der Waals surface area (Å²) in [6.07, 6.45) is 1.96. The molecular formula is C15H13. The molecule has 73 valence electrons. The Morgan fingerprint density at radius 1 is 1.00 bits per heavy atom. The molecule has 1 radical (unpaired) electrons. The molecule has 0 aliphatic heterocycles. The first-order valence-electron chi connectivity index (χ1n) is 5.06. The summed E-state index contributed by atoms with van der Waals surface area (Å²) in [6.45, 7) is 3.89. The Kier molecular flexibility index (Phi) is 2.99. The van der Waals surface area contributed by atoms with Gasteiger partial charge in [0, 0.05) is 5.92 Å². The van der Waals surface area contributed by atoms with Gasteiger partial charge in [-0.2, -0.15) is 0 Å². The number of allylic oxidation sites excluding steroid dienone is 1. The summed E-state index contributed by atoms with van der Waals surface area (Å²) < 4.78 is 0. The van der Waals surface area contributed by atoms with Crippen LogP contribution >= 0.6 is 0 Å². The largest absolute Gasteiger partial charge is 0.102 e. The number of hydrogen-bond acceptors (Lipinski definition) is 0. The van der Waals surface area contributed by atoms with E-state index in [2.05, 4.69) is 43.0 Å². The molecule has 1 atom stereocenters. The van der Waals surface area contributed by atoms with E-state index in [4.69, 9.17) is 0 Å². The second kappa shape index (κ2) is 4.61. The van der Waals surface area contributed by atoms with Gasteiger partial charge in [0.15, 0.2) is 0 Å². The Morgan fingerprint density at radius 2 is 1.73 bits per heavy atom. The lowest BCUT2D eigenvalue weighted by molar-refractivity contribution is 1.03. The van der Waals surface area contributed by atoms with Crippen LogP contribution in [0.15, 0.2) is 67.3 Å². The zero-order chi connectivity index (χ0) is 10.5. The van der Waals surface area contributed by atoms with Gasteiger partial charge >= 0.3 is 0 Å². The zero-order valence-electron chi connectivity index (χ0n) is 8.56. The van der Waals surface area contributed by atoms with Crippen LogP contribution in [0, 0.1) is 6.07 Å². The summed E-state index contributed by atoms with van der Waals surface area (Å²) in [5.41, 5.74) is 2.42. The minimum Gasteiger partial charge on any atom is -0.102 e. The van der Waals surface area contributed by atoms with Crippen LogP contribution in [0.2, 0.25) is 0 Å². The Labute approximate surface area is 90.9 Å². The van der Waals surface area contributed by atoms with E-state index in [-0.39, 0.29) is 5.92 Å². The molecule has 15 heavy (non-hydrogen) atoms. The topological polar surface area (TPSA) is 0 Å². The molecule has 0 amide bonds. The zero-order valence-corrected chi connectivity index (χ0v) is 8.56. The highest BCUT2D eigenvalue weighted by Gasteiger charge is 2.08. The summed E-state index contributed by atoms with van der Waals surface area (Å²) in [5.74, 6) is 0.243. The quantitative estimate of drug-likeness (QED) is 0.650. The molecule has 2 rings (SSSR count). The third-order valence-electron chi connectivity index (χ3n) is 2.46. The molecule has 0 heterocycles. The maximum absolute atomic E-state index is 3.89. The van der Waals surface area contributed by atoms with Crippen molar-refractivity contribution < 1.29 is 0 Å². The van der Waals surface area contributed by atoms with Crippen LogP contribution in [0.4, 0.5) is 0 Å². The number of hydrogen-bond donors (Lipinski definition) is 0. The Bertz CT molecular complexity index is 375. The van der Waals surface area contributed by atoms with Crippen LogP contribution in [0.25, 0.3) is 0 Å². The lowest BCUT2D eigenvalue weighted by Gasteiger charge is -2.12. The average molecular weight is 193 g/mol. The highest BCUT2D eigenvalue weighted by Crippen LogP contribution is 2.24. The first-order valence-corrected chi connectivity index (χ1v) is 5.06. The van der Waals surface area contributed by atoms with Crippen LogP contribution in [-0.4, -0.2) is 0 Å². The minimum absolute atomic E-state index is 0.243. The van der Waals surface area contributed by atoms with Crippen molar-refractivity contribution >= 4 is 0 Å². The van der Waals surface area contributed by atoms with Crippen molar-refractivity contribution in [1.82, 2.24) is 0 Å². The van der Waals surface area contributed by atoms with E-state index in [9.17, 15) is 0 Å². The predicted octanol–water partition coefficient (Wildman–Crippen LogP) is 3.80. The van der Waals surface area contributed by atoms with Crippen molar-refractivity contribution in [3.8, 4) is 0 Å². The van der Waals surface area contributed by atoms with Gasteiger partial charge in [-0.3, -0.25) is 0 Å². The molecule has 1 unspecified atom stereocenters. The Balaban J connectivity index is 2.38. The third kappa shape index (κ3) is 2.16. The molecule has 2 aromatic carbocycles. The van der Waals surface area contributed by atoms with Crippen LogP contribution in [0.5, 0.6) is 0 Å². The van der Waals surface area contributed by atoms with Gasteiger partial charge in [-0.25, -0.2) is 0 Å². The molecule has 0 aliphatic carbocycles. The molecule has 0 heteroatoms. The monoisotopic (exact) mass is 193 g/mol. The highest BCUT2D eigenvalue weighted by molar-refractivity contribution is 5.35. The highest BCUT2D eigenvalue weighted by atomic mass is 14.1. The van der Waals surface area contributed by atoms with Gasteiger partial charge in [-0.15, -0.1) is 6.58 Å². The molecule has 0 nitrogen and oxygen atoms in total. The average Bonchev–Trinajstić information content (AvgIpc) is 2.33. The predicted molar refractivity (Wildman–Crippen MR) is 63.8 cm³/mol. The van der Waals surface area contributed by atoms with Crippen molar-refractivity contribution in [3.05, 3.63) is 84.4 Å². The van der Waals surface area contributed by atoms with Crippen molar-refractivity contribution in [1.29, 1.82) is 0 Å². The molecule has 0 N–H and O–H groups in total. The fourth-order valence-corrected chi connectivity index (χ4v) is 1.70. The van der Waals surface area contributed by atoms with Gasteiger partial charge in [0.2, 0.25) is 0 Å². The van der Waals surface area contributed by atoms with Gasteiger partial charge in [0.1, 0.15) is 0 Å². The first-order chi connectivity index (χ1) is 7.42. The van der Waals surface area contributed by atoms with E-state index in [0.717, 1.165) is 0 Å². The van der Waals surface area contributed by atoms with Crippen LogP contribution in [-0.2, 0) is 0 Å². The molecule has 0 bridgehead atoms. The second-order valence-corrected chi connectivity index (χ2v) is 3.44. The number of rotatable bonds is 3. The SMILES string of the molecule is C=CC(c1[c]cccc1)c1ccccc1. The summed E-state index contributed by atoms with van der Waals surface area (Å²) in [7, 11) is 0. The van der Waals surface area contributed by atoms with E-state index < -0.39 is 0 Å². The first kappa shape index (κ1) is 9.72. The number of benzene rings is 2. The molecule has 2 aromatic rings. The summed E-state index contributed by atoms with van der Waals surface area (Å²) >= 11 is 0. The van der Waals surface area contributed by atoms with E-state index in [0.29, 0.717) is 0 Å². The summed E-state index contributed by atoms with van der Waals surface area (Å²) in [6, 6.07) is 21.6. The van der Waals surface area contributed by atoms with Gasteiger partial charge in [-0.05, 0) is 17.2 Å².